The molecule has 0 amide bonds. The van der Waals surface area contributed by atoms with Crippen LogP contribution >= 0.6 is 0 Å². The first-order chi connectivity index (χ1) is 11.7. The lowest BCUT2D eigenvalue weighted by atomic mass is 10.2. The Kier molecular flexibility index (Phi) is 4.64. The zero-order valence-corrected chi connectivity index (χ0v) is 14.1. The van der Waals surface area contributed by atoms with Crippen molar-refractivity contribution in [3.63, 3.8) is 0 Å². The Morgan fingerprint density at radius 2 is 1.88 bits per heavy atom. The van der Waals surface area contributed by atoms with Gasteiger partial charge in [-0.2, -0.15) is 0 Å². The molecule has 0 radical (unpaired) electrons. The summed E-state index contributed by atoms with van der Waals surface area (Å²) in [5, 5.41) is 0. The fraction of sp³-hybridized carbons (Fsp3) is 0.389. The van der Waals surface area contributed by atoms with Gasteiger partial charge in [-0.1, -0.05) is 32.4 Å². The van der Waals surface area contributed by atoms with Crippen molar-refractivity contribution >= 4 is 34.0 Å². The van der Waals surface area contributed by atoms with Gasteiger partial charge in [-0.25, -0.2) is 14.8 Å². The summed E-state index contributed by atoms with van der Waals surface area (Å²) in [5.74, 6) is -0.0472. The van der Waals surface area contributed by atoms with Gasteiger partial charge in [-0.3, -0.25) is 0 Å². The van der Waals surface area contributed by atoms with Gasteiger partial charge in [0.15, 0.2) is 5.65 Å². The topological polar surface area (TPSA) is 83.0 Å². The summed E-state index contributed by atoms with van der Waals surface area (Å²) in [6, 6.07) is 7.60. The largest absolute Gasteiger partial charge is 0.462 e. The number of anilines is 1. The highest BCUT2D eigenvalue weighted by Gasteiger charge is 2.24. The number of aryl methyl sites for hydroxylation is 1. The van der Waals surface area contributed by atoms with E-state index in [1.165, 1.54) is 0 Å². The Hall–Kier alpha value is -2.63. The molecule has 2 heterocycles. The molecule has 0 aliphatic carbocycles. The minimum Gasteiger partial charge on any atom is -0.462 e. The van der Waals surface area contributed by atoms with E-state index in [0.29, 0.717) is 35.7 Å². The lowest BCUT2D eigenvalue weighted by Gasteiger charge is -2.06. The molecular weight excluding hydrogens is 304 g/mol. The van der Waals surface area contributed by atoms with Gasteiger partial charge in [0.2, 0.25) is 0 Å². The maximum atomic E-state index is 12.5. The molecule has 0 aliphatic rings. The van der Waals surface area contributed by atoms with E-state index in [2.05, 4.69) is 16.9 Å². The molecule has 0 unspecified atom stereocenters. The third kappa shape index (κ3) is 2.79. The lowest BCUT2D eigenvalue weighted by molar-refractivity contribution is 0.0508. The van der Waals surface area contributed by atoms with Crippen LogP contribution in [0, 0.1) is 0 Å². The van der Waals surface area contributed by atoms with E-state index in [1.807, 2.05) is 35.8 Å². The normalized spacial score (nSPS) is 11.2. The second-order valence-corrected chi connectivity index (χ2v) is 5.79. The number of esters is 1. The first-order valence-electron chi connectivity index (χ1n) is 8.39. The van der Waals surface area contributed by atoms with E-state index < -0.39 is 5.97 Å². The molecule has 0 spiro atoms. The van der Waals surface area contributed by atoms with E-state index >= 15 is 0 Å². The van der Waals surface area contributed by atoms with Crippen LogP contribution in [0.15, 0.2) is 24.3 Å². The number of ether oxygens (including phenoxy) is 1. The molecule has 6 nitrogen and oxygen atoms in total. The Morgan fingerprint density at radius 1 is 1.17 bits per heavy atom. The standard InChI is InChI=1S/C18H22N4O2/c1-3-5-10-22-16(19)14(18(23)24-11-4-2)15-17(22)21-13-9-7-6-8-12(13)20-15/h6-9H,3-5,10-11,19H2,1-2H3. The molecule has 126 valence electrons. The van der Waals surface area contributed by atoms with Crippen molar-refractivity contribution in [2.24, 2.45) is 0 Å². The van der Waals surface area contributed by atoms with Crippen LogP contribution in [0.5, 0.6) is 0 Å². The summed E-state index contributed by atoms with van der Waals surface area (Å²) in [7, 11) is 0. The maximum absolute atomic E-state index is 12.5. The van der Waals surface area contributed by atoms with E-state index in [-0.39, 0.29) is 0 Å². The average Bonchev–Trinajstić information content (AvgIpc) is 2.86. The Balaban J connectivity index is 2.22. The van der Waals surface area contributed by atoms with Gasteiger partial charge in [0.1, 0.15) is 16.9 Å². The number of nitrogen functional groups attached to an aromatic ring is 1. The van der Waals surface area contributed by atoms with Gasteiger partial charge in [0.25, 0.3) is 0 Å². The quantitative estimate of drug-likeness (QED) is 0.701. The molecule has 0 atom stereocenters. The van der Waals surface area contributed by atoms with Gasteiger partial charge in [0, 0.05) is 6.54 Å². The molecule has 0 bridgehead atoms. The molecule has 2 aromatic heterocycles. The van der Waals surface area contributed by atoms with Gasteiger partial charge in [-0.15, -0.1) is 0 Å². The lowest BCUT2D eigenvalue weighted by Crippen LogP contribution is -2.10. The Morgan fingerprint density at radius 3 is 2.54 bits per heavy atom. The van der Waals surface area contributed by atoms with Crippen LogP contribution in [-0.4, -0.2) is 27.1 Å². The summed E-state index contributed by atoms with van der Waals surface area (Å²) in [5.41, 5.74) is 9.28. The van der Waals surface area contributed by atoms with E-state index in [0.717, 1.165) is 30.3 Å². The number of hydrogen-bond donors (Lipinski definition) is 1. The number of rotatable bonds is 6. The van der Waals surface area contributed by atoms with Crippen LogP contribution in [0.3, 0.4) is 0 Å². The van der Waals surface area contributed by atoms with Crippen molar-refractivity contribution < 1.29 is 9.53 Å². The zero-order valence-electron chi connectivity index (χ0n) is 14.1. The van der Waals surface area contributed by atoms with Gasteiger partial charge < -0.3 is 15.0 Å². The molecule has 24 heavy (non-hydrogen) atoms. The first kappa shape index (κ1) is 16.2. The second kappa shape index (κ2) is 6.86. The average molecular weight is 326 g/mol. The van der Waals surface area contributed by atoms with Crippen molar-refractivity contribution in [2.75, 3.05) is 12.3 Å². The number of benzene rings is 1. The number of carbonyl (C=O) groups is 1. The van der Waals surface area contributed by atoms with Crippen LogP contribution < -0.4 is 5.73 Å². The molecule has 1 aromatic carbocycles. The number of unbranched alkanes of at least 4 members (excludes halogenated alkanes) is 1. The maximum Gasteiger partial charge on any atom is 0.344 e. The highest BCUT2D eigenvalue weighted by atomic mass is 16.5. The predicted octanol–water partition coefficient (Wildman–Crippen LogP) is 3.53. The van der Waals surface area contributed by atoms with Gasteiger partial charge in [-0.05, 0) is 25.0 Å². The molecule has 2 N–H and O–H groups in total. The van der Waals surface area contributed by atoms with Gasteiger partial charge >= 0.3 is 5.97 Å². The number of carbonyl (C=O) groups excluding carboxylic acids is 1. The zero-order chi connectivity index (χ0) is 17.1. The van der Waals surface area contributed by atoms with E-state index in [4.69, 9.17) is 10.5 Å². The van der Waals surface area contributed by atoms with Crippen molar-refractivity contribution in [1.29, 1.82) is 0 Å². The smallest absolute Gasteiger partial charge is 0.344 e. The molecular formula is C18H22N4O2. The van der Waals surface area contributed by atoms with Crippen LogP contribution in [0.2, 0.25) is 0 Å². The number of nitrogens with two attached hydrogens (primary N) is 1. The van der Waals surface area contributed by atoms with Crippen molar-refractivity contribution in [2.45, 2.75) is 39.7 Å². The summed E-state index contributed by atoms with van der Waals surface area (Å²) in [6.45, 7) is 5.13. The molecule has 0 aliphatic heterocycles. The van der Waals surface area contributed by atoms with E-state index in [1.54, 1.807) is 0 Å². The molecule has 0 saturated carbocycles. The summed E-state index contributed by atoms with van der Waals surface area (Å²) >= 11 is 0. The second-order valence-electron chi connectivity index (χ2n) is 5.79. The van der Waals surface area contributed by atoms with Crippen molar-refractivity contribution in [3.05, 3.63) is 29.8 Å². The first-order valence-corrected chi connectivity index (χ1v) is 8.39. The molecule has 6 heteroatoms. The Labute approximate surface area is 140 Å². The minimum absolute atomic E-state index is 0.327. The van der Waals surface area contributed by atoms with Gasteiger partial charge in [0.05, 0.1) is 17.6 Å². The number of nitrogens with zero attached hydrogens (tertiary/aromatic N) is 3. The van der Waals surface area contributed by atoms with E-state index in [9.17, 15) is 4.79 Å². The van der Waals surface area contributed by atoms with Crippen LogP contribution in [0.4, 0.5) is 5.82 Å². The highest BCUT2D eigenvalue weighted by molar-refractivity contribution is 6.08. The number of fused-ring (bicyclic) bond motifs is 2. The number of aromatic nitrogens is 3. The Bertz CT molecular complexity index is 885. The van der Waals surface area contributed by atoms with Crippen molar-refractivity contribution in [1.82, 2.24) is 14.5 Å². The van der Waals surface area contributed by atoms with Crippen LogP contribution in [-0.2, 0) is 11.3 Å². The van der Waals surface area contributed by atoms with Crippen LogP contribution in [0.1, 0.15) is 43.5 Å². The SMILES string of the molecule is CCCCn1c(N)c(C(=O)OCCC)c2nc3ccccc3nc21. The third-order valence-corrected chi connectivity index (χ3v) is 3.97. The van der Waals surface area contributed by atoms with Crippen LogP contribution in [0.25, 0.3) is 22.2 Å². The number of hydrogen-bond acceptors (Lipinski definition) is 5. The fourth-order valence-electron chi connectivity index (χ4n) is 2.73. The molecule has 0 fully saturated rings. The summed E-state index contributed by atoms with van der Waals surface area (Å²) < 4.78 is 7.17. The molecule has 0 saturated heterocycles. The predicted molar refractivity (Wildman–Crippen MR) is 94.9 cm³/mol. The minimum atomic E-state index is -0.431. The fourth-order valence-corrected chi connectivity index (χ4v) is 2.73. The van der Waals surface area contributed by atoms with Crippen molar-refractivity contribution in [3.8, 4) is 0 Å². The summed E-state index contributed by atoms with van der Waals surface area (Å²) in [4.78, 5) is 21.8. The molecule has 3 rings (SSSR count). The molecule has 3 aromatic rings. The third-order valence-electron chi connectivity index (χ3n) is 3.97. The highest BCUT2D eigenvalue weighted by Crippen LogP contribution is 2.28. The summed E-state index contributed by atoms with van der Waals surface area (Å²) in [6.07, 6.45) is 2.73. The monoisotopic (exact) mass is 326 g/mol. The number of para-hydroxylation sites is 2.